The Bertz CT molecular complexity index is 801. The van der Waals surface area contributed by atoms with Gasteiger partial charge in [-0.15, -0.1) is 10.2 Å². The molecule has 9 nitrogen and oxygen atoms in total. The summed E-state index contributed by atoms with van der Waals surface area (Å²) in [4.78, 5) is 35.5. The minimum absolute atomic E-state index is 0.0325. The Morgan fingerprint density at radius 3 is 2.68 bits per heavy atom. The first-order valence-corrected chi connectivity index (χ1v) is 6.87. The molecule has 2 heterocycles. The molecule has 9 heteroatoms. The van der Waals surface area contributed by atoms with E-state index in [2.05, 4.69) is 15.5 Å². The van der Waals surface area contributed by atoms with Gasteiger partial charge in [-0.1, -0.05) is 0 Å². The van der Waals surface area contributed by atoms with Crippen LogP contribution in [0.15, 0.2) is 22.0 Å². The standard InChI is InChI=1S/C13H18N6O3/c1-4-19-8-15-16-10(19)5-6-14-12(21)9-7-11(20)18(3)13(22)17(9)2/h7-8H,4-6H2,1-3H3,(H,14,21). The molecule has 0 aromatic carbocycles. The van der Waals surface area contributed by atoms with E-state index in [1.807, 2.05) is 11.5 Å². The third-order valence-electron chi connectivity index (χ3n) is 3.43. The lowest BCUT2D eigenvalue weighted by Gasteiger charge is -2.10. The summed E-state index contributed by atoms with van der Waals surface area (Å²) in [6.45, 7) is 3.06. The van der Waals surface area contributed by atoms with Crippen LogP contribution in [0.4, 0.5) is 0 Å². The Morgan fingerprint density at radius 1 is 1.27 bits per heavy atom. The topological polar surface area (TPSA) is 104 Å². The van der Waals surface area contributed by atoms with E-state index in [0.717, 1.165) is 27.6 Å². The van der Waals surface area contributed by atoms with Gasteiger partial charge in [0.1, 0.15) is 17.8 Å². The fraction of sp³-hybridized carbons (Fsp3) is 0.462. The zero-order valence-electron chi connectivity index (χ0n) is 12.7. The third-order valence-corrected chi connectivity index (χ3v) is 3.43. The highest BCUT2D eigenvalue weighted by molar-refractivity contribution is 5.92. The Hall–Kier alpha value is -2.71. The second-order valence-electron chi connectivity index (χ2n) is 4.81. The molecule has 0 unspecified atom stereocenters. The molecule has 0 bridgehead atoms. The summed E-state index contributed by atoms with van der Waals surface area (Å²) >= 11 is 0. The van der Waals surface area contributed by atoms with Crippen LogP contribution in [0.3, 0.4) is 0 Å². The lowest BCUT2D eigenvalue weighted by Crippen LogP contribution is -2.41. The summed E-state index contributed by atoms with van der Waals surface area (Å²) < 4.78 is 3.96. The van der Waals surface area contributed by atoms with Gasteiger partial charge in [0.25, 0.3) is 11.5 Å². The lowest BCUT2D eigenvalue weighted by atomic mass is 10.3. The molecule has 0 aliphatic heterocycles. The van der Waals surface area contributed by atoms with Gasteiger partial charge in [0.05, 0.1) is 0 Å². The fourth-order valence-electron chi connectivity index (χ4n) is 2.07. The van der Waals surface area contributed by atoms with Crippen LogP contribution in [0.1, 0.15) is 23.2 Å². The summed E-state index contributed by atoms with van der Waals surface area (Å²) in [6.07, 6.45) is 2.14. The minimum Gasteiger partial charge on any atom is -0.350 e. The van der Waals surface area contributed by atoms with E-state index in [4.69, 9.17) is 0 Å². The molecule has 0 radical (unpaired) electrons. The van der Waals surface area contributed by atoms with Crippen molar-refractivity contribution in [3.63, 3.8) is 0 Å². The van der Waals surface area contributed by atoms with Crippen LogP contribution in [-0.2, 0) is 27.1 Å². The number of carbonyl (C=O) groups is 1. The number of hydrogen-bond donors (Lipinski definition) is 1. The van der Waals surface area contributed by atoms with E-state index in [1.54, 1.807) is 6.33 Å². The van der Waals surface area contributed by atoms with E-state index in [1.165, 1.54) is 14.1 Å². The summed E-state index contributed by atoms with van der Waals surface area (Å²) in [5.74, 6) is 0.292. The quantitative estimate of drug-likeness (QED) is 0.737. The second-order valence-corrected chi connectivity index (χ2v) is 4.81. The number of aromatic nitrogens is 5. The van der Waals surface area contributed by atoms with Crippen LogP contribution < -0.4 is 16.6 Å². The largest absolute Gasteiger partial charge is 0.350 e. The first-order valence-electron chi connectivity index (χ1n) is 6.87. The number of hydrogen-bond acceptors (Lipinski definition) is 5. The molecule has 0 spiro atoms. The Morgan fingerprint density at radius 2 is 2.00 bits per heavy atom. The number of carbonyl (C=O) groups excluding carboxylic acids is 1. The van der Waals surface area contributed by atoms with Gasteiger partial charge in [-0.25, -0.2) is 4.79 Å². The molecule has 1 N–H and O–H groups in total. The molecular formula is C13H18N6O3. The number of nitrogens with zero attached hydrogens (tertiary/aromatic N) is 5. The maximum atomic E-state index is 12.1. The number of aryl methyl sites for hydroxylation is 1. The van der Waals surface area contributed by atoms with Crippen molar-refractivity contribution in [3.8, 4) is 0 Å². The smallest absolute Gasteiger partial charge is 0.331 e. The molecule has 118 valence electrons. The molecule has 2 aromatic rings. The van der Waals surface area contributed by atoms with Gasteiger partial charge in [-0.2, -0.15) is 0 Å². The van der Waals surface area contributed by atoms with Crippen molar-refractivity contribution in [1.82, 2.24) is 29.2 Å². The Balaban J connectivity index is 2.08. The molecule has 0 aliphatic carbocycles. The summed E-state index contributed by atoms with van der Waals surface area (Å²) in [5, 5.41) is 10.4. The van der Waals surface area contributed by atoms with E-state index >= 15 is 0 Å². The average molecular weight is 306 g/mol. The van der Waals surface area contributed by atoms with Gasteiger partial charge in [0.2, 0.25) is 0 Å². The zero-order valence-corrected chi connectivity index (χ0v) is 12.7. The normalized spacial score (nSPS) is 10.7. The number of amides is 1. The molecule has 0 saturated carbocycles. The molecular weight excluding hydrogens is 288 g/mol. The van der Waals surface area contributed by atoms with Crippen molar-refractivity contribution in [3.05, 3.63) is 44.8 Å². The maximum absolute atomic E-state index is 12.1. The highest BCUT2D eigenvalue weighted by Crippen LogP contribution is 1.96. The van der Waals surface area contributed by atoms with Crippen LogP contribution in [0.5, 0.6) is 0 Å². The predicted octanol–water partition coefficient (Wildman–Crippen LogP) is -1.33. The molecule has 0 aliphatic rings. The lowest BCUT2D eigenvalue weighted by molar-refractivity contribution is 0.0943. The number of rotatable bonds is 5. The van der Waals surface area contributed by atoms with Crippen molar-refractivity contribution in [2.45, 2.75) is 19.9 Å². The van der Waals surface area contributed by atoms with Gasteiger partial charge in [-0.05, 0) is 6.92 Å². The van der Waals surface area contributed by atoms with Gasteiger partial charge in [0, 0.05) is 39.7 Å². The average Bonchev–Trinajstić information content (AvgIpc) is 2.96. The van der Waals surface area contributed by atoms with Gasteiger partial charge in [0.15, 0.2) is 0 Å². The van der Waals surface area contributed by atoms with Gasteiger partial charge in [-0.3, -0.25) is 18.7 Å². The Kier molecular flexibility index (Phi) is 4.54. The zero-order chi connectivity index (χ0) is 16.3. The van der Waals surface area contributed by atoms with Gasteiger partial charge >= 0.3 is 5.69 Å². The van der Waals surface area contributed by atoms with Crippen LogP contribution in [0.25, 0.3) is 0 Å². The van der Waals surface area contributed by atoms with E-state index in [-0.39, 0.29) is 5.69 Å². The van der Waals surface area contributed by atoms with E-state index in [9.17, 15) is 14.4 Å². The van der Waals surface area contributed by atoms with Crippen molar-refractivity contribution >= 4 is 5.91 Å². The molecule has 0 saturated heterocycles. The number of nitrogens with one attached hydrogen (secondary N) is 1. The summed E-state index contributed by atoms with van der Waals surface area (Å²) in [7, 11) is 2.81. The highest BCUT2D eigenvalue weighted by Gasteiger charge is 2.13. The molecule has 2 aromatic heterocycles. The van der Waals surface area contributed by atoms with Crippen molar-refractivity contribution in [2.24, 2.45) is 14.1 Å². The molecule has 2 rings (SSSR count). The monoisotopic (exact) mass is 306 g/mol. The third kappa shape index (κ3) is 2.97. The fourth-order valence-corrected chi connectivity index (χ4v) is 2.07. The van der Waals surface area contributed by atoms with Crippen LogP contribution >= 0.6 is 0 Å². The first kappa shape index (κ1) is 15.7. The SMILES string of the molecule is CCn1cnnc1CCNC(=O)c1cc(=O)n(C)c(=O)n1C. The van der Waals surface area contributed by atoms with Crippen molar-refractivity contribution in [2.75, 3.05) is 6.54 Å². The van der Waals surface area contributed by atoms with E-state index < -0.39 is 17.2 Å². The van der Waals surface area contributed by atoms with Crippen LogP contribution in [-0.4, -0.2) is 36.4 Å². The van der Waals surface area contributed by atoms with Crippen molar-refractivity contribution < 1.29 is 4.79 Å². The molecule has 0 atom stereocenters. The second kappa shape index (κ2) is 6.37. The highest BCUT2D eigenvalue weighted by atomic mass is 16.2. The maximum Gasteiger partial charge on any atom is 0.331 e. The first-order chi connectivity index (χ1) is 10.5. The van der Waals surface area contributed by atoms with Crippen LogP contribution in [0, 0.1) is 0 Å². The van der Waals surface area contributed by atoms with E-state index in [0.29, 0.717) is 13.0 Å². The van der Waals surface area contributed by atoms with Crippen molar-refractivity contribution in [1.29, 1.82) is 0 Å². The minimum atomic E-state index is -0.539. The molecule has 0 fully saturated rings. The molecule has 1 amide bonds. The Labute approximate surface area is 126 Å². The summed E-state index contributed by atoms with van der Waals surface area (Å²) in [6, 6.07) is 1.14. The van der Waals surface area contributed by atoms with Gasteiger partial charge < -0.3 is 9.88 Å². The predicted molar refractivity (Wildman–Crippen MR) is 78.7 cm³/mol. The van der Waals surface area contributed by atoms with Crippen LogP contribution in [0.2, 0.25) is 0 Å². The summed E-state index contributed by atoms with van der Waals surface area (Å²) in [5.41, 5.74) is -1.02. The molecule has 22 heavy (non-hydrogen) atoms.